The molecule has 1 aliphatic carbocycles. The van der Waals surface area contributed by atoms with Crippen LogP contribution in [0, 0.1) is 19.8 Å². The highest BCUT2D eigenvalue weighted by Crippen LogP contribution is 2.42. The van der Waals surface area contributed by atoms with Crippen molar-refractivity contribution in [2.75, 3.05) is 7.11 Å². The molecule has 0 radical (unpaired) electrons. The van der Waals surface area contributed by atoms with Gasteiger partial charge >= 0.3 is 0 Å². The maximum atomic E-state index is 12.3. The average molecular weight is 280 g/mol. The summed E-state index contributed by atoms with van der Waals surface area (Å²) < 4.78 is 5.65. The first kappa shape index (κ1) is 13.9. The Balaban J connectivity index is 2.30. The third-order valence-corrected chi connectivity index (χ3v) is 4.34. The molecular formula is C19H20O2. The highest BCUT2D eigenvalue weighted by Gasteiger charge is 2.31. The van der Waals surface area contributed by atoms with Gasteiger partial charge in [0, 0.05) is 17.0 Å². The van der Waals surface area contributed by atoms with E-state index in [1.807, 2.05) is 19.9 Å². The second-order valence-electron chi connectivity index (χ2n) is 5.96. The Morgan fingerprint density at radius 2 is 1.81 bits per heavy atom. The van der Waals surface area contributed by atoms with Crippen LogP contribution in [0.2, 0.25) is 0 Å². The van der Waals surface area contributed by atoms with Gasteiger partial charge in [0.2, 0.25) is 0 Å². The number of methoxy groups -OCH3 is 1. The molecular weight excluding hydrogens is 260 g/mol. The van der Waals surface area contributed by atoms with Crippen molar-refractivity contribution < 1.29 is 9.53 Å². The molecule has 2 heteroatoms. The van der Waals surface area contributed by atoms with Crippen LogP contribution in [-0.2, 0) is 6.42 Å². The average Bonchev–Trinajstić information content (AvgIpc) is 2.74. The van der Waals surface area contributed by atoms with Crippen molar-refractivity contribution in [2.24, 2.45) is 5.92 Å². The van der Waals surface area contributed by atoms with Crippen LogP contribution in [0.4, 0.5) is 0 Å². The van der Waals surface area contributed by atoms with E-state index in [0.29, 0.717) is 0 Å². The minimum Gasteiger partial charge on any atom is -0.496 e. The molecule has 1 unspecified atom stereocenters. The topological polar surface area (TPSA) is 26.3 Å². The van der Waals surface area contributed by atoms with E-state index in [9.17, 15) is 4.79 Å². The van der Waals surface area contributed by atoms with Gasteiger partial charge in [0.25, 0.3) is 0 Å². The van der Waals surface area contributed by atoms with Crippen LogP contribution < -0.4 is 4.74 Å². The van der Waals surface area contributed by atoms with Crippen LogP contribution in [0.25, 0.3) is 11.1 Å². The van der Waals surface area contributed by atoms with Crippen molar-refractivity contribution in [1.29, 1.82) is 0 Å². The van der Waals surface area contributed by atoms with Gasteiger partial charge in [-0.3, -0.25) is 4.79 Å². The lowest BCUT2D eigenvalue weighted by molar-refractivity contribution is 0.0946. The standard InChI is InChI=1S/C19H20O2/c1-11-5-7-14(8-6-11)17-15-9-12(2)18(20)16(15)10-13(3)19(17)21-4/h5-8,10,12H,9H2,1-4H3. The summed E-state index contributed by atoms with van der Waals surface area (Å²) in [6.07, 6.45) is 0.800. The smallest absolute Gasteiger partial charge is 0.166 e. The van der Waals surface area contributed by atoms with Crippen LogP contribution in [0.3, 0.4) is 0 Å². The maximum Gasteiger partial charge on any atom is 0.166 e. The summed E-state index contributed by atoms with van der Waals surface area (Å²) in [4.78, 5) is 12.3. The zero-order valence-corrected chi connectivity index (χ0v) is 13.0. The molecule has 0 aliphatic heterocycles. The Labute approximate surface area is 125 Å². The van der Waals surface area contributed by atoms with E-state index in [-0.39, 0.29) is 11.7 Å². The number of benzene rings is 2. The Bertz CT molecular complexity index is 711. The number of fused-ring (bicyclic) bond motifs is 1. The molecule has 0 heterocycles. The fraction of sp³-hybridized carbons (Fsp3) is 0.316. The van der Waals surface area contributed by atoms with E-state index in [0.717, 1.165) is 40.0 Å². The molecule has 2 aromatic carbocycles. The van der Waals surface area contributed by atoms with E-state index in [1.165, 1.54) is 5.56 Å². The molecule has 1 aliphatic rings. The molecule has 2 aromatic rings. The van der Waals surface area contributed by atoms with Gasteiger partial charge in [0.05, 0.1) is 7.11 Å². The lowest BCUT2D eigenvalue weighted by Crippen LogP contribution is -2.03. The molecule has 0 N–H and O–H groups in total. The second kappa shape index (κ2) is 5.03. The van der Waals surface area contributed by atoms with Crippen molar-refractivity contribution in [1.82, 2.24) is 0 Å². The Morgan fingerprint density at radius 3 is 2.43 bits per heavy atom. The largest absolute Gasteiger partial charge is 0.496 e. The zero-order chi connectivity index (χ0) is 15.1. The van der Waals surface area contributed by atoms with Crippen LogP contribution in [0.15, 0.2) is 30.3 Å². The lowest BCUT2D eigenvalue weighted by atomic mass is 9.92. The molecule has 0 saturated heterocycles. The summed E-state index contributed by atoms with van der Waals surface area (Å²) in [7, 11) is 1.70. The molecule has 21 heavy (non-hydrogen) atoms. The number of hydrogen-bond acceptors (Lipinski definition) is 2. The molecule has 108 valence electrons. The van der Waals surface area contributed by atoms with Gasteiger partial charge in [-0.15, -0.1) is 0 Å². The van der Waals surface area contributed by atoms with E-state index in [2.05, 4.69) is 31.2 Å². The number of hydrogen-bond donors (Lipinski definition) is 0. The molecule has 3 rings (SSSR count). The number of carbonyl (C=O) groups excluding carboxylic acids is 1. The number of rotatable bonds is 2. The first-order valence-corrected chi connectivity index (χ1v) is 7.34. The van der Waals surface area contributed by atoms with Crippen LogP contribution >= 0.6 is 0 Å². The number of ether oxygens (including phenoxy) is 1. The minimum atomic E-state index is 0.0655. The minimum absolute atomic E-state index is 0.0655. The predicted molar refractivity (Wildman–Crippen MR) is 85.1 cm³/mol. The number of aryl methyl sites for hydroxylation is 2. The normalized spacial score (nSPS) is 17.0. The second-order valence-corrected chi connectivity index (χ2v) is 5.96. The molecule has 0 aromatic heterocycles. The number of Topliss-reactive ketones (excluding diaryl/α,β-unsaturated/α-hetero) is 1. The van der Waals surface area contributed by atoms with Gasteiger partial charge in [-0.2, -0.15) is 0 Å². The van der Waals surface area contributed by atoms with Crippen LogP contribution in [0.5, 0.6) is 5.75 Å². The molecule has 0 bridgehead atoms. The van der Waals surface area contributed by atoms with Crippen molar-refractivity contribution in [3.8, 4) is 16.9 Å². The molecule has 0 saturated carbocycles. The first-order chi connectivity index (χ1) is 10.0. The summed E-state index contributed by atoms with van der Waals surface area (Å²) in [6.45, 7) is 6.09. The number of ketones is 1. The Kier molecular flexibility index (Phi) is 3.32. The number of carbonyl (C=O) groups is 1. The summed E-state index contributed by atoms with van der Waals surface area (Å²) >= 11 is 0. The van der Waals surface area contributed by atoms with Gasteiger partial charge in [-0.1, -0.05) is 36.8 Å². The Morgan fingerprint density at radius 1 is 1.14 bits per heavy atom. The van der Waals surface area contributed by atoms with Gasteiger partial charge in [-0.05, 0) is 43.0 Å². The highest BCUT2D eigenvalue weighted by molar-refractivity contribution is 6.05. The fourth-order valence-electron chi connectivity index (χ4n) is 3.22. The molecule has 0 fully saturated rings. The fourth-order valence-corrected chi connectivity index (χ4v) is 3.22. The molecule has 0 amide bonds. The van der Waals surface area contributed by atoms with Gasteiger partial charge in [0.1, 0.15) is 5.75 Å². The van der Waals surface area contributed by atoms with Gasteiger partial charge in [-0.25, -0.2) is 0 Å². The third kappa shape index (κ3) is 2.15. The monoisotopic (exact) mass is 280 g/mol. The van der Waals surface area contributed by atoms with Crippen molar-refractivity contribution in [3.63, 3.8) is 0 Å². The summed E-state index contributed by atoms with van der Waals surface area (Å²) in [6, 6.07) is 10.4. The Hall–Kier alpha value is -2.09. The predicted octanol–water partition coefficient (Wildman–Crippen LogP) is 4.35. The third-order valence-electron chi connectivity index (χ3n) is 4.34. The highest BCUT2D eigenvalue weighted by atomic mass is 16.5. The van der Waals surface area contributed by atoms with Gasteiger partial charge < -0.3 is 4.74 Å². The van der Waals surface area contributed by atoms with E-state index in [4.69, 9.17) is 4.74 Å². The van der Waals surface area contributed by atoms with Crippen molar-refractivity contribution in [2.45, 2.75) is 27.2 Å². The van der Waals surface area contributed by atoms with E-state index < -0.39 is 0 Å². The first-order valence-electron chi connectivity index (χ1n) is 7.34. The summed E-state index contributed by atoms with van der Waals surface area (Å²) in [5.74, 6) is 1.21. The van der Waals surface area contributed by atoms with E-state index >= 15 is 0 Å². The van der Waals surface area contributed by atoms with Crippen molar-refractivity contribution >= 4 is 5.78 Å². The summed E-state index contributed by atoms with van der Waals surface area (Å²) in [5.41, 5.74) is 6.47. The summed E-state index contributed by atoms with van der Waals surface area (Å²) in [5, 5.41) is 0. The van der Waals surface area contributed by atoms with Crippen molar-refractivity contribution in [3.05, 3.63) is 52.6 Å². The maximum absolute atomic E-state index is 12.3. The van der Waals surface area contributed by atoms with Crippen LogP contribution in [-0.4, -0.2) is 12.9 Å². The molecule has 1 atom stereocenters. The lowest BCUT2D eigenvalue weighted by Gasteiger charge is -2.16. The van der Waals surface area contributed by atoms with E-state index in [1.54, 1.807) is 7.11 Å². The van der Waals surface area contributed by atoms with Gasteiger partial charge in [0.15, 0.2) is 5.78 Å². The quantitative estimate of drug-likeness (QED) is 0.817. The molecule has 2 nitrogen and oxygen atoms in total. The van der Waals surface area contributed by atoms with Crippen LogP contribution in [0.1, 0.15) is 34.0 Å². The zero-order valence-electron chi connectivity index (χ0n) is 13.0. The molecule has 0 spiro atoms. The SMILES string of the molecule is COc1c(C)cc2c(c1-c1ccc(C)cc1)CC(C)C2=O.